The Labute approximate surface area is 435 Å². The lowest BCUT2D eigenvalue weighted by molar-refractivity contribution is 0.322. The molecule has 0 saturated heterocycles. The summed E-state index contributed by atoms with van der Waals surface area (Å²) in [6.07, 6.45) is 0. The van der Waals surface area contributed by atoms with Crippen LogP contribution in [0, 0.1) is 0 Å². The van der Waals surface area contributed by atoms with Gasteiger partial charge in [-0.3, -0.25) is 0 Å². The molecule has 10 aromatic carbocycles. The van der Waals surface area contributed by atoms with Crippen molar-refractivity contribution in [2.75, 3.05) is 0 Å². The van der Waals surface area contributed by atoms with E-state index < -0.39 is 0 Å². The number of benzene rings is 10. The number of hydrogen-bond acceptors (Lipinski definition) is 0. The van der Waals surface area contributed by atoms with E-state index in [1.165, 1.54) is 149 Å². The zero-order chi connectivity index (χ0) is 48.7. The fourth-order valence-electron chi connectivity index (χ4n) is 14.8. The Morgan fingerprint density at radius 1 is 0.206 bits per heavy atom. The Morgan fingerprint density at radius 3 is 0.662 bits per heavy atom. The maximum Gasteiger partial charge on any atom is 0.0263 e. The van der Waals surface area contributed by atoms with Gasteiger partial charge in [0.25, 0.3) is 0 Å². The van der Waals surface area contributed by atoms with Gasteiger partial charge < -0.3 is 0 Å². The molecule has 0 nitrogen and oxygen atoms in total. The first-order valence-electron chi connectivity index (χ1n) is 24.7. The van der Waals surface area contributed by atoms with E-state index in [1.54, 1.807) is 0 Å². The van der Waals surface area contributed by atoms with Crippen LogP contribution >= 0.6 is 63.7 Å². The summed E-state index contributed by atoms with van der Waals surface area (Å²) in [5.74, 6) is 0. The standard InChI is InChI=1S/2C32H30Br2/c1-29(2)17-11-9-15-24-22(34)14-20-28-18(30(3,4)32(20,7)8)12-10-16(26(24)28)23-21(33)13-19(31(29,5)6)27(17)25(15)23;1-29(2)17-11-9-15-23-16(10-12-18(26(17)23)30(29,3)4)25-22(34)14-20-27-19(31(5,6)32(20,7)8)13-21(33)24(15)28(25)27/h2*9-14H,1-8H3. The summed E-state index contributed by atoms with van der Waals surface area (Å²) >= 11 is 16.3. The van der Waals surface area contributed by atoms with Gasteiger partial charge in [0.05, 0.1) is 0 Å². The smallest absolute Gasteiger partial charge is 0.0263 e. The third-order valence-corrected chi connectivity index (χ3v) is 24.2. The van der Waals surface area contributed by atoms with E-state index >= 15 is 0 Å². The van der Waals surface area contributed by atoms with Crippen molar-refractivity contribution in [1.82, 2.24) is 0 Å². The Bertz CT molecular complexity index is 3800. The first kappa shape index (κ1) is 44.6. The van der Waals surface area contributed by atoms with Crippen molar-refractivity contribution >= 4 is 150 Å². The highest BCUT2D eigenvalue weighted by Crippen LogP contribution is 2.64. The summed E-state index contributed by atoms with van der Waals surface area (Å²) in [4.78, 5) is 0. The largest absolute Gasteiger partial charge is 0.0572 e. The first-order valence-corrected chi connectivity index (χ1v) is 27.9. The molecule has 0 atom stereocenters. The maximum absolute atomic E-state index is 4.07. The van der Waals surface area contributed by atoms with Gasteiger partial charge >= 0.3 is 0 Å². The van der Waals surface area contributed by atoms with Gasteiger partial charge in [-0.15, -0.1) is 0 Å². The normalized spacial score (nSPS) is 21.0. The summed E-state index contributed by atoms with van der Waals surface area (Å²) in [6.45, 7) is 38.6. The molecule has 0 radical (unpaired) electrons. The minimum atomic E-state index is 0.0503. The monoisotopic (exact) mass is 1140 g/mol. The number of hydrogen-bond donors (Lipinski definition) is 0. The summed E-state index contributed by atoms with van der Waals surface area (Å²) in [7, 11) is 0. The third kappa shape index (κ3) is 4.57. The Kier molecular flexibility index (Phi) is 8.31. The summed E-state index contributed by atoms with van der Waals surface area (Å²) in [5, 5.41) is 22.5. The molecule has 4 aliphatic carbocycles. The summed E-state index contributed by atoms with van der Waals surface area (Å²) in [5.41, 5.74) is 12.3. The minimum absolute atomic E-state index is 0.0503. The second kappa shape index (κ2) is 12.7. The van der Waals surface area contributed by atoms with Gasteiger partial charge in [0, 0.05) is 44.8 Å². The highest BCUT2D eigenvalue weighted by atomic mass is 79.9. The van der Waals surface area contributed by atoms with Gasteiger partial charge in [-0.05, 0) is 171 Å². The lowest BCUT2D eigenvalue weighted by Gasteiger charge is -2.37. The fraction of sp³-hybridized carbons (Fsp3) is 0.375. The van der Waals surface area contributed by atoms with Crippen molar-refractivity contribution in [3.8, 4) is 0 Å². The quantitative estimate of drug-likeness (QED) is 0.105. The zero-order valence-corrected chi connectivity index (χ0v) is 48.8. The Hall–Kier alpha value is -3.28. The van der Waals surface area contributed by atoms with Crippen LogP contribution in [0.15, 0.2) is 90.7 Å². The van der Waals surface area contributed by atoms with Crippen molar-refractivity contribution in [1.29, 1.82) is 0 Å². The molecule has 0 N–H and O–H groups in total. The highest BCUT2D eigenvalue weighted by molar-refractivity contribution is 9.11. The lowest BCUT2D eigenvalue weighted by Crippen LogP contribution is -2.35. The van der Waals surface area contributed by atoms with Crippen molar-refractivity contribution in [2.24, 2.45) is 0 Å². The molecule has 10 aromatic rings. The molecule has 14 rings (SSSR count). The topological polar surface area (TPSA) is 0 Å². The van der Waals surface area contributed by atoms with Crippen LogP contribution in [0.3, 0.4) is 0 Å². The molecule has 0 amide bonds. The average Bonchev–Trinajstić information content (AvgIpc) is 3.67. The van der Waals surface area contributed by atoms with Crippen LogP contribution in [0.2, 0.25) is 0 Å². The molecule has 4 heteroatoms. The van der Waals surface area contributed by atoms with Crippen LogP contribution in [0.5, 0.6) is 0 Å². The van der Waals surface area contributed by atoms with Crippen molar-refractivity contribution in [3.05, 3.63) is 135 Å². The van der Waals surface area contributed by atoms with Gasteiger partial charge in [0.15, 0.2) is 0 Å². The van der Waals surface area contributed by atoms with Crippen molar-refractivity contribution in [2.45, 2.75) is 154 Å². The number of rotatable bonds is 0. The van der Waals surface area contributed by atoms with E-state index in [4.69, 9.17) is 0 Å². The molecular formula is C64H60Br4. The van der Waals surface area contributed by atoms with Crippen LogP contribution in [0.25, 0.3) is 86.2 Å². The zero-order valence-electron chi connectivity index (χ0n) is 42.4. The molecule has 0 spiro atoms. The number of fused-ring (bicyclic) bond motifs is 4. The Balaban J connectivity index is 0.000000134. The lowest BCUT2D eigenvalue weighted by atomic mass is 9.66. The van der Waals surface area contributed by atoms with E-state index in [-0.39, 0.29) is 43.3 Å². The van der Waals surface area contributed by atoms with Gasteiger partial charge in [-0.25, -0.2) is 0 Å². The van der Waals surface area contributed by atoms with E-state index in [0.717, 1.165) is 0 Å². The van der Waals surface area contributed by atoms with Crippen molar-refractivity contribution < 1.29 is 0 Å². The first-order chi connectivity index (χ1) is 31.5. The van der Waals surface area contributed by atoms with E-state index in [2.05, 4.69) is 247 Å². The van der Waals surface area contributed by atoms with Crippen LogP contribution in [-0.4, -0.2) is 0 Å². The second-order valence-corrected chi connectivity index (χ2v) is 29.2. The molecule has 0 aromatic heterocycles. The van der Waals surface area contributed by atoms with Gasteiger partial charge in [-0.2, -0.15) is 0 Å². The molecule has 0 heterocycles. The van der Waals surface area contributed by atoms with Crippen LogP contribution in [0.1, 0.15) is 155 Å². The molecule has 68 heavy (non-hydrogen) atoms. The van der Waals surface area contributed by atoms with Crippen LogP contribution < -0.4 is 0 Å². The molecule has 0 bridgehead atoms. The molecule has 344 valence electrons. The molecule has 0 fully saturated rings. The molecule has 0 aliphatic heterocycles. The van der Waals surface area contributed by atoms with Crippen LogP contribution in [-0.2, 0) is 43.3 Å². The fourth-order valence-corrected chi connectivity index (χ4v) is 17.3. The molecule has 0 unspecified atom stereocenters. The number of halogens is 4. The summed E-state index contributed by atoms with van der Waals surface area (Å²) < 4.78 is 4.87. The molecular weight excluding hydrogens is 1090 g/mol. The Morgan fingerprint density at radius 2 is 0.397 bits per heavy atom. The van der Waals surface area contributed by atoms with E-state index in [9.17, 15) is 0 Å². The van der Waals surface area contributed by atoms with E-state index in [1.807, 2.05) is 0 Å². The van der Waals surface area contributed by atoms with Crippen LogP contribution in [0.4, 0.5) is 0 Å². The highest BCUT2D eigenvalue weighted by Gasteiger charge is 2.52. The molecule has 4 aliphatic rings. The van der Waals surface area contributed by atoms with Gasteiger partial charge in [0.1, 0.15) is 0 Å². The predicted molar refractivity (Wildman–Crippen MR) is 310 cm³/mol. The van der Waals surface area contributed by atoms with E-state index in [0.29, 0.717) is 0 Å². The second-order valence-electron chi connectivity index (χ2n) is 25.8. The average molecular weight is 1150 g/mol. The van der Waals surface area contributed by atoms with Gasteiger partial charge in [0.2, 0.25) is 0 Å². The SMILES string of the molecule is CC1(C)c2ccc3c4c(Br)cc5c6c(cc(Br)c(c7ccc(c2c37)C1(C)C)c64)C(C)(C)C5(C)C.CC1(C)c2ccc3c4c(Br)cc5c6c(ccc(c7c(Br)cc(c2c37)C1(C)C)c64)C(C)(C)C5(C)C. The third-order valence-electron chi connectivity index (χ3n) is 21.7. The predicted octanol–water partition coefficient (Wildman–Crippen LogP) is 20.8. The molecule has 0 saturated carbocycles. The maximum atomic E-state index is 4.07. The van der Waals surface area contributed by atoms with Crippen molar-refractivity contribution in [3.63, 3.8) is 0 Å². The summed E-state index contributed by atoms with van der Waals surface area (Å²) in [6, 6.07) is 29.0. The van der Waals surface area contributed by atoms with Gasteiger partial charge in [-0.1, -0.05) is 223 Å². The minimum Gasteiger partial charge on any atom is -0.0572 e.